The molecular formula is C13H19N3O3. The minimum Gasteiger partial charge on any atom is -0.388 e. The zero-order valence-corrected chi connectivity index (χ0v) is 10.9. The lowest BCUT2D eigenvalue weighted by molar-refractivity contribution is -0.117. The highest BCUT2D eigenvalue weighted by atomic mass is 16.3. The standard InChI is InChI=1S/C13H19N3O3/c1-2-11(17)9-5-3-4-6-10(9)16(7-12(14)18)8-13(15)19/h3-6,11,17H,2,7-8H2,1H3,(H2,14,18)(H2,15,19). The Bertz CT molecular complexity index is 446. The van der Waals surface area contributed by atoms with Crippen LogP contribution in [0.5, 0.6) is 0 Å². The Morgan fingerprint density at radius 3 is 2.21 bits per heavy atom. The van der Waals surface area contributed by atoms with E-state index in [4.69, 9.17) is 11.5 Å². The van der Waals surface area contributed by atoms with Crippen molar-refractivity contribution in [2.24, 2.45) is 11.5 Å². The van der Waals surface area contributed by atoms with Gasteiger partial charge in [0.25, 0.3) is 0 Å². The highest BCUT2D eigenvalue weighted by Crippen LogP contribution is 2.27. The van der Waals surface area contributed by atoms with Crippen molar-refractivity contribution in [1.29, 1.82) is 0 Å². The number of aliphatic hydroxyl groups is 1. The molecular weight excluding hydrogens is 246 g/mol. The van der Waals surface area contributed by atoms with Crippen LogP contribution < -0.4 is 16.4 Å². The molecule has 1 atom stereocenters. The average molecular weight is 265 g/mol. The highest BCUT2D eigenvalue weighted by molar-refractivity contribution is 5.85. The normalized spacial score (nSPS) is 11.9. The smallest absolute Gasteiger partial charge is 0.236 e. The second-order valence-electron chi connectivity index (χ2n) is 4.27. The average Bonchev–Trinajstić information content (AvgIpc) is 2.36. The second kappa shape index (κ2) is 6.75. The van der Waals surface area contributed by atoms with E-state index in [1.54, 1.807) is 24.3 Å². The lowest BCUT2D eigenvalue weighted by Crippen LogP contribution is -2.40. The van der Waals surface area contributed by atoms with E-state index in [2.05, 4.69) is 0 Å². The van der Waals surface area contributed by atoms with Gasteiger partial charge in [0.2, 0.25) is 11.8 Å². The number of carbonyl (C=O) groups excluding carboxylic acids is 2. The molecule has 1 unspecified atom stereocenters. The van der Waals surface area contributed by atoms with Crippen LogP contribution in [0.4, 0.5) is 5.69 Å². The first kappa shape index (κ1) is 15.0. The fourth-order valence-corrected chi connectivity index (χ4v) is 1.88. The van der Waals surface area contributed by atoms with Crippen molar-refractivity contribution in [2.45, 2.75) is 19.4 Å². The Balaban J connectivity index is 3.13. The minimum atomic E-state index is -0.667. The fourth-order valence-electron chi connectivity index (χ4n) is 1.88. The third-order valence-electron chi connectivity index (χ3n) is 2.72. The summed E-state index contributed by atoms with van der Waals surface area (Å²) in [6.07, 6.45) is -0.141. The van der Waals surface area contributed by atoms with Gasteiger partial charge < -0.3 is 21.5 Å². The van der Waals surface area contributed by atoms with Gasteiger partial charge in [-0.15, -0.1) is 0 Å². The Kier molecular flexibility index (Phi) is 5.32. The SMILES string of the molecule is CCC(O)c1ccccc1N(CC(N)=O)CC(N)=O. The molecule has 0 heterocycles. The number of hydrogen-bond acceptors (Lipinski definition) is 4. The second-order valence-corrected chi connectivity index (χ2v) is 4.27. The first-order chi connectivity index (χ1) is 8.95. The molecule has 0 spiro atoms. The molecule has 1 aromatic carbocycles. The first-order valence-electron chi connectivity index (χ1n) is 6.04. The molecule has 6 heteroatoms. The summed E-state index contributed by atoms with van der Waals surface area (Å²) in [6, 6.07) is 7.01. The zero-order chi connectivity index (χ0) is 14.4. The number of nitrogens with zero attached hydrogens (tertiary/aromatic N) is 1. The molecule has 0 radical (unpaired) electrons. The number of primary amides is 2. The fraction of sp³-hybridized carbons (Fsp3) is 0.385. The van der Waals surface area contributed by atoms with Gasteiger partial charge in [0.05, 0.1) is 19.2 Å². The lowest BCUT2D eigenvalue weighted by atomic mass is 10.0. The van der Waals surface area contributed by atoms with E-state index in [9.17, 15) is 14.7 Å². The van der Waals surface area contributed by atoms with Gasteiger partial charge in [-0.2, -0.15) is 0 Å². The molecule has 6 nitrogen and oxygen atoms in total. The molecule has 0 bridgehead atoms. The van der Waals surface area contributed by atoms with E-state index in [1.165, 1.54) is 4.90 Å². The molecule has 2 amide bonds. The van der Waals surface area contributed by atoms with Gasteiger partial charge in [-0.25, -0.2) is 0 Å². The van der Waals surface area contributed by atoms with Gasteiger partial charge in [-0.05, 0) is 12.5 Å². The van der Waals surface area contributed by atoms with E-state index in [-0.39, 0.29) is 13.1 Å². The van der Waals surface area contributed by atoms with Crippen LogP contribution >= 0.6 is 0 Å². The monoisotopic (exact) mass is 265 g/mol. The molecule has 0 saturated carbocycles. The van der Waals surface area contributed by atoms with E-state index < -0.39 is 17.9 Å². The Morgan fingerprint density at radius 2 is 1.74 bits per heavy atom. The number of benzene rings is 1. The van der Waals surface area contributed by atoms with E-state index >= 15 is 0 Å². The number of nitrogens with two attached hydrogens (primary N) is 2. The summed E-state index contributed by atoms with van der Waals surface area (Å²) in [5.41, 5.74) is 11.6. The molecule has 0 aromatic heterocycles. The van der Waals surface area contributed by atoms with Crippen LogP contribution in [0, 0.1) is 0 Å². The third-order valence-corrected chi connectivity index (χ3v) is 2.72. The number of para-hydroxylation sites is 1. The van der Waals surface area contributed by atoms with Crippen LogP contribution in [-0.2, 0) is 9.59 Å². The predicted octanol–water partition coefficient (Wildman–Crippen LogP) is -0.0930. The maximum Gasteiger partial charge on any atom is 0.236 e. The molecule has 1 aromatic rings. The third kappa shape index (κ3) is 4.26. The molecule has 0 saturated heterocycles. The number of carbonyl (C=O) groups is 2. The summed E-state index contributed by atoms with van der Waals surface area (Å²) in [7, 11) is 0. The zero-order valence-electron chi connectivity index (χ0n) is 10.9. The molecule has 0 fully saturated rings. The largest absolute Gasteiger partial charge is 0.388 e. The van der Waals surface area contributed by atoms with Gasteiger partial charge in [-0.3, -0.25) is 9.59 Å². The van der Waals surface area contributed by atoms with E-state index in [0.29, 0.717) is 17.7 Å². The summed E-state index contributed by atoms with van der Waals surface area (Å²) >= 11 is 0. The van der Waals surface area contributed by atoms with Crippen molar-refractivity contribution >= 4 is 17.5 Å². The van der Waals surface area contributed by atoms with Crippen LogP contribution in [0.25, 0.3) is 0 Å². The molecule has 5 N–H and O–H groups in total. The van der Waals surface area contributed by atoms with Gasteiger partial charge in [0.15, 0.2) is 0 Å². The predicted molar refractivity (Wildman–Crippen MR) is 72.3 cm³/mol. The number of aliphatic hydroxyl groups excluding tert-OH is 1. The van der Waals surface area contributed by atoms with Crippen LogP contribution in [0.15, 0.2) is 24.3 Å². The van der Waals surface area contributed by atoms with Crippen molar-refractivity contribution in [1.82, 2.24) is 0 Å². The summed E-state index contributed by atoms with van der Waals surface area (Å²) in [6.45, 7) is 1.58. The summed E-state index contributed by atoms with van der Waals surface area (Å²) < 4.78 is 0. The Hall–Kier alpha value is -2.08. The Labute approximate surface area is 112 Å². The molecule has 0 aliphatic heterocycles. The summed E-state index contributed by atoms with van der Waals surface area (Å²) in [5.74, 6) is -1.14. The summed E-state index contributed by atoms with van der Waals surface area (Å²) in [5, 5.41) is 9.97. The van der Waals surface area contributed by atoms with Gasteiger partial charge in [0, 0.05) is 11.3 Å². The van der Waals surface area contributed by atoms with Crippen molar-refractivity contribution in [3.8, 4) is 0 Å². The number of rotatable bonds is 7. The molecule has 1 rings (SSSR count). The molecule has 19 heavy (non-hydrogen) atoms. The highest BCUT2D eigenvalue weighted by Gasteiger charge is 2.18. The summed E-state index contributed by atoms with van der Waals surface area (Å²) in [4.78, 5) is 23.6. The van der Waals surface area contributed by atoms with Gasteiger partial charge in [0.1, 0.15) is 0 Å². The van der Waals surface area contributed by atoms with Crippen LogP contribution in [0.2, 0.25) is 0 Å². The van der Waals surface area contributed by atoms with Crippen LogP contribution in [0.3, 0.4) is 0 Å². The van der Waals surface area contributed by atoms with Crippen molar-refractivity contribution < 1.29 is 14.7 Å². The minimum absolute atomic E-state index is 0.129. The number of anilines is 1. The maximum absolute atomic E-state index is 11.1. The molecule has 0 aliphatic carbocycles. The first-order valence-corrected chi connectivity index (χ1v) is 6.04. The molecule has 0 aliphatic rings. The van der Waals surface area contributed by atoms with E-state index in [1.807, 2.05) is 6.92 Å². The number of amides is 2. The van der Waals surface area contributed by atoms with Crippen LogP contribution in [-0.4, -0.2) is 30.0 Å². The van der Waals surface area contributed by atoms with Crippen LogP contribution in [0.1, 0.15) is 25.0 Å². The van der Waals surface area contributed by atoms with Crippen molar-refractivity contribution in [2.75, 3.05) is 18.0 Å². The maximum atomic E-state index is 11.1. The van der Waals surface area contributed by atoms with Crippen molar-refractivity contribution in [3.05, 3.63) is 29.8 Å². The quantitative estimate of drug-likeness (QED) is 0.639. The van der Waals surface area contributed by atoms with Gasteiger partial charge in [-0.1, -0.05) is 25.1 Å². The van der Waals surface area contributed by atoms with E-state index in [0.717, 1.165) is 0 Å². The van der Waals surface area contributed by atoms with Gasteiger partial charge >= 0.3 is 0 Å². The topological polar surface area (TPSA) is 110 Å². The lowest BCUT2D eigenvalue weighted by Gasteiger charge is -2.26. The Morgan fingerprint density at radius 1 is 1.21 bits per heavy atom. The molecule has 104 valence electrons. The number of hydrogen-bond donors (Lipinski definition) is 3. The van der Waals surface area contributed by atoms with Crippen molar-refractivity contribution in [3.63, 3.8) is 0 Å².